The lowest BCUT2D eigenvalue weighted by Gasteiger charge is -2.17. The fraction of sp³-hybridized carbons (Fsp3) is 0.667. The van der Waals surface area contributed by atoms with Gasteiger partial charge in [-0.15, -0.1) is 0 Å². The molecule has 0 N–H and O–H groups in total. The van der Waals surface area contributed by atoms with Gasteiger partial charge < -0.3 is 4.74 Å². The number of Topliss-reactive ketones (excluding diaryl/α,β-unsaturated/α-hetero) is 1. The SMILES string of the molecule is COCCn1ncc(Br)c1C(=O)CC(C)(C)C. The minimum atomic E-state index is -0.0210. The Morgan fingerprint density at radius 3 is 2.71 bits per heavy atom. The summed E-state index contributed by atoms with van der Waals surface area (Å²) < 4.78 is 7.45. The van der Waals surface area contributed by atoms with Gasteiger partial charge in [0, 0.05) is 13.5 Å². The van der Waals surface area contributed by atoms with Gasteiger partial charge in [0.2, 0.25) is 0 Å². The minimum absolute atomic E-state index is 0.0210. The smallest absolute Gasteiger partial charge is 0.182 e. The van der Waals surface area contributed by atoms with E-state index >= 15 is 0 Å². The van der Waals surface area contributed by atoms with E-state index in [1.54, 1.807) is 18.0 Å². The number of hydrogen-bond acceptors (Lipinski definition) is 3. The maximum Gasteiger partial charge on any atom is 0.182 e. The number of carbonyl (C=O) groups is 1. The van der Waals surface area contributed by atoms with Crippen LogP contribution in [0.25, 0.3) is 0 Å². The number of rotatable bonds is 5. The van der Waals surface area contributed by atoms with Gasteiger partial charge in [-0.25, -0.2) is 0 Å². The number of hydrogen-bond donors (Lipinski definition) is 0. The summed E-state index contributed by atoms with van der Waals surface area (Å²) in [6, 6.07) is 0. The van der Waals surface area contributed by atoms with Gasteiger partial charge in [0.15, 0.2) is 5.78 Å². The third-order valence-corrected chi connectivity index (χ3v) is 2.84. The van der Waals surface area contributed by atoms with Crippen LogP contribution < -0.4 is 0 Å². The second kappa shape index (κ2) is 5.78. The van der Waals surface area contributed by atoms with Gasteiger partial charge in [0.05, 0.1) is 23.8 Å². The van der Waals surface area contributed by atoms with E-state index in [1.165, 1.54) is 0 Å². The molecule has 0 amide bonds. The van der Waals surface area contributed by atoms with E-state index in [-0.39, 0.29) is 11.2 Å². The second-order valence-electron chi connectivity index (χ2n) is 5.22. The lowest BCUT2D eigenvalue weighted by Crippen LogP contribution is -2.18. The van der Waals surface area contributed by atoms with E-state index in [0.29, 0.717) is 25.3 Å². The van der Waals surface area contributed by atoms with Crippen LogP contribution in [0.4, 0.5) is 0 Å². The molecule has 1 aromatic rings. The van der Waals surface area contributed by atoms with Crippen LogP contribution in [0.3, 0.4) is 0 Å². The zero-order chi connectivity index (χ0) is 13.1. The Morgan fingerprint density at radius 1 is 1.53 bits per heavy atom. The lowest BCUT2D eigenvalue weighted by molar-refractivity contribution is 0.0924. The standard InChI is InChI=1S/C12H19BrN2O2/c1-12(2,3)7-10(16)11-9(13)8-14-15(11)5-6-17-4/h8H,5-7H2,1-4H3. The van der Waals surface area contributed by atoms with Crippen molar-refractivity contribution in [2.24, 2.45) is 5.41 Å². The molecule has 17 heavy (non-hydrogen) atoms. The molecule has 0 saturated heterocycles. The van der Waals surface area contributed by atoms with E-state index in [1.807, 2.05) is 0 Å². The normalized spacial score (nSPS) is 11.8. The van der Waals surface area contributed by atoms with Crippen molar-refractivity contribution in [2.75, 3.05) is 13.7 Å². The van der Waals surface area contributed by atoms with Gasteiger partial charge in [-0.2, -0.15) is 5.10 Å². The summed E-state index contributed by atoms with van der Waals surface area (Å²) >= 11 is 3.37. The number of ether oxygens (including phenoxy) is 1. The maximum absolute atomic E-state index is 12.2. The third-order valence-electron chi connectivity index (χ3n) is 2.26. The van der Waals surface area contributed by atoms with Crippen LogP contribution in [0.2, 0.25) is 0 Å². The first-order chi connectivity index (χ1) is 7.85. The van der Waals surface area contributed by atoms with Crippen molar-refractivity contribution in [3.63, 3.8) is 0 Å². The molecule has 0 radical (unpaired) electrons. The predicted octanol–water partition coefficient (Wildman–Crippen LogP) is 2.91. The highest BCUT2D eigenvalue weighted by molar-refractivity contribution is 9.10. The van der Waals surface area contributed by atoms with Crippen molar-refractivity contribution < 1.29 is 9.53 Å². The molecular formula is C12H19BrN2O2. The average molecular weight is 303 g/mol. The molecule has 1 rings (SSSR count). The molecule has 0 saturated carbocycles. The van der Waals surface area contributed by atoms with E-state index in [2.05, 4.69) is 41.8 Å². The molecule has 1 heterocycles. The van der Waals surface area contributed by atoms with Gasteiger partial charge in [-0.1, -0.05) is 20.8 Å². The van der Waals surface area contributed by atoms with Gasteiger partial charge in [0.1, 0.15) is 5.69 Å². The van der Waals surface area contributed by atoms with Crippen molar-refractivity contribution in [1.29, 1.82) is 0 Å². The van der Waals surface area contributed by atoms with Crippen LogP contribution in [-0.2, 0) is 11.3 Å². The molecular weight excluding hydrogens is 284 g/mol. The molecule has 0 fully saturated rings. The number of methoxy groups -OCH3 is 1. The highest BCUT2D eigenvalue weighted by Crippen LogP contribution is 2.25. The maximum atomic E-state index is 12.2. The number of aromatic nitrogens is 2. The Hall–Kier alpha value is -0.680. The molecule has 5 heteroatoms. The van der Waals surface area contributed by atoms with Gasteiger partial charge in [0.25, 0.3) is 0 Å². The summed E-state index contributed by atoms with van der Waals surface area (Å²) in [5, 5.41) is 4.17. The van der Waals surface area contributed by atoms with Gasteiger partial charge in [-0.05, 0) is 21.3 Å². The summed E-state index contributed by atoms with van der Waals surface area (Å²) in [4.78, 5) is 12.2. The Labute approximate surface area is 110 Å². The molecule has 1 aromatic heterocycles. The number of halogens is 1. The molecule has 0 aliphatic carbocycles. The Balaban J connectivity index is 2.88. The van der Waals surface area contributed by atoms with Gasteiger partial charge >= 0.3 is 0 Å². The highest BCUT2D eigenvalue weighted by atomic mass is 79.9. The van der Waals surface area contributed by atoms with Crippen LogP contribution in [-0.4, -0.2) is 29.3 Å². The summed E-state index contributed by atoms with van der Waals surface area (Å²) in [5.74, 6) is 0.109. The van der Waals surface area contributed by atoms with Crippen LogP contribution in [0, 0.1) is 5.41 Å². The van der Waals surface area contributed by atoms with E-state index in [9.17, 15) is 4.79 Å². The van der Waals surface area contributed by atoms with E-state index in [0.717, 1.165) is 4.47 Å². The molecule has 96 valence electrons. The van der Waals surface area contributed by atoms with E-state index in [4.69, 9.17) is 4.74 Å². The Bertz CT molecular complexity index is 394. The first-order valence-corrected chi connectivity index (χ1v) is 6.38. The Kier molecular flexibility index (Phi) is 4.89. The zero-order valence-electron chi connectivity index (χ0n) is 10.8. The minimum Gasteiger partial charge on any atom is -0.383 e. The summed E-state index contributed by atoms with van der Waals surface area (Å²) in [6.45, 7) is 7.29. The molecule has 0 aliphatic heterocycles. The van der Waals surface area contributed by atoms with Crippen molar-refractivity contribution in [2.45, 2.75) is 33.7 Å². The molecule has 0 aliphatic rings. The molecule has 0 aromatic carbocycles. The molecule has 0 atom stereocenters. The highest BCUT2D eigenvalue weighted by Gasteiger charge is 2.22. The van der Waals surface area contributed by atoms with Crippen molar-refractivity contribution in [1.82, 2.24) is 9.78 Å². The van der Waals surface area contributed by atoms with Crippen molar-refractivity contribution in [3.05, 3.63) is 16.4 Å². The van der Waals surface area contributed by atoms with Crippen molar-refractivity contribution >= 4 is 21.7 Å². The molecule has 0 bridgehead atoms. The van der Waals surface area contributed by atoms with Crippen molar-refractivity contribution in [3.8, 4) is 0 Å². The molecule has 0 spiro atoms. The Morgan fingerprint density at radius 2 is 2.18 bits per heavy atom. The number of carbonyl (C=O) groups excluding carboxylic acids is 1. The zero-order valence-corrected chi connectivity index (χ0v) is 12.4. The fourth-order valence-corrected chi connectivity index (χ4v) is 2.07. The largest absolute Gasteiger partial charge is 0.383 e. The van der Waals surface area contributed by atoms with Crippen LogP contribution in [0.1, 0.15) is 37.7 Å². The quantitative estimate of drug-likeness (QED) is 0.786. The fourth-order valence-electron chi connectivity index (χ4n) is 1.55. The number of nitrogens with zero attached hydrogens (tertiary/aromatic N) is 2. The first kappa shape index (κ1) is 14.4. The van der Waals surface area contributed by atoms with Crippen LogP contribution in [0.15, 0.2) is 10.7 Å². The summed E-state index contributed by atoms with van der Waals surface area (Å²) in [6.07, 6.45) is 2.16. The van der Waals surface area contributed by atoms with Gasteiger partial charge in [-0.3, -0.25) is 9.48 Å². The topological polar surface area (TPSA) is 44.1 Å². The first-order valence-electron chi connectivity index (χ1n) is 5.58. The summed E-state index contributed by atoms with van der Waals surface area (Å²) in [5.41, 5.74) is 0.615. The average Bonchev–Trinajstić information content (AvgIpc) is 2.54. The third kappa shape index (κ3) is 4.24. The summed E-state index contributed by atoms with van der Waals surface area (Å²) in [7, 11) is 1.63. The van der Waals surface area contributed by atoms with E-state index < -0.39 is 0 Å². The molecule has 0 unspecified atom stereocenters. The predicted molar refractivity (Wildman–Crippen MR) is 70.2 cm³/mol. The number of ketones is 1. The monoisotopic (exact) mass is 302 g/mol. The van der Waals surface area contributed by atoms with Crippen LogP contribution in [0.5, 0.6) is 0 Å². The second-order valence-corrected chi connectivity index (χ2v) is 6.07. The lowest BCUT2D eigenvalue weighted by atomic mass is 9.89. The molecule has 4 nitrogen and oxygen atoms in total. The van der Waals surface area contributed by atoms with Crippen LogP contribution >= 0.6 is 15.9 Å².